The van der Waals surface area contributed by atoms with Crippen molar-refractivity contribution >= 4 is 35.1 Å². The number of carbonyl (C=O) groups is 2. The van der Waals surface area contributed by atoms with Crippen molar-refractivity contribution in [2.24, 2.45) is 5.92 Å². The fourth-order valence-electron chi connectivity index (χ4n) is 7.21. The molecule has 0 radical (unpaired) electrons. The lowest BCUT2D eigenvalue weighted by atomic mass is 9.94. The number of carbonyl (C=O) groups excluding carboxylic acids is 1. The number of benzene rings is 2. The molecule has 272 valence electrons. The zero-order valence-electron chi connectivity index (χ0n) is 28.7. The van der Waals surface area contributed by atoms with E-state index in [1.165, 1.54) is 20.3 Å². The van der Waals surface area contributed by atoms with Crippen LogP contribution in [0.2, 0.25) is 10.0 Å². The third-order valence-electron chi connectivity index (χ3n) is 9.91. The van der Waals surface area contributed by atoms with Crippen molar-refractivity contribution in [1.29, 1.82) is 0 Å². The number of fused-ring (bicyclic) bond motifs is 1. The molecule has 1 aliphatic carbocycles. The summed E-state index contributed by atoms with van der Waals surface area (Å²) in [5, 5.41) is 16.1. The number of carboxylic acids is 1. The van der Waals surface area contributed by atoms with Crippen LogP contribution in [0, 0.1) is 11.7 Å². The minimum Gasteiger partial charge on any atom is -0.481 e. The molecule has 4 aromatic rings. The second-order valence-corrected chi connectivity index (χ2v) is 14.1. The number of pyridine rings is 2. The first-order chi connectivity index (χ1) is 25.1. The van der Waals surface area contributed by atoms with E-state index in [9.17, 15) is 14.7 Å². The molecule has 2 aliphatic heterocycles. The Bertz CT molecular complexity index is 2030. The number of hydrogen-bond acceptors (Lipinski definition) is 9. The molecule has 14 heteroatoms. The maximum absolute atomic E-state index is 15.6. The zero-order chi connectivity index (χ0) is 36.5. The van der Waals surface area contributed by atoms with Gasteiger partial charge in [0.05, 0.1) is 36.4 Å². The summed E-state index contributed by atoms with van der Waals surface area (Å²) in [6, 6.07) is 14.7. The van der Waals surface area contributed by atoms with Gasteiger partial charge in [-0.1, -0.05) is 59.6 Å². The number of methoxy groups -OCH3 is 2. The molecule has 1 amide bonds. The lowest BCUT2D eigenvalue weighted by Gasteiger charge is -2.36. The first-order valence-electron chi connectivity index (χ1n) is 17.1. The van der Waals surface area contributed by atoms with Crippen LogP contribution in [0.4, 0.5) is 4.39 Å². The number of carboxylic acid groups (broad SMARTS) is 1. The molecule has 3 aliphatic rings. The van der Waals surface area contributed by atoms with Gasteiger partial charge in [-0.3, -0.25) is 14.5 Å². The molecule has 0 unspecified atom stereocenters. The van der Waals surface area contributed by atoms with Gasteiger partial charge in [0.2, 0.25) is 23.5 Å². The molecule has 2 aromatic heterocycles. The fourth-order valence-corrected chi connectivity index (χ4v) is 7.76. The number of nitrogens with zero attached hydrogens (tertiary/aromatic N) is 3. The monoisotopic (exact) mass is 749 g/mol. The molecule has 2 saturated heterocycles. The zero-order valence-corrected chi connectivity index (χ0v) is 30.2. The number of rotatable bonds is 13. The standard InChI is InChI=1S/C38H38Cl2FN5O6/c1-50-35-20(17-46-18-21(19-46)38(48)49)13-29(39)37(45-35)52-32-11-10-24-23(5-3-6-25(24)32)26-7-4-8-27(34(26)40)31-14-30(41)28(36(44-31)51-2)16-42-15-22-9-12-33(47)43-22/h3-8,13-14,21-22,32,42H,9-12,15-19H2,1-2H3,(H,43,47)(H,48,49)/t22-,32-/m0/s1. The van der Waals surface area contributed by atoms with Gasteiger partial charge in [-0.15, -0.1) is 0 Å². The SMILES string of the molecule is COc1nc(O[C@H]2CCc3c(-c4cccc(-c5cc(F)c(CNC[C@@H]6CCC(=O)N6)c(OC)n5)c4Cl)cccc32)c(Cl)cc1CN1CC(C(=O)O)C1. The topological polar surface area (TPSA) is 135 Å². The summed E-state index contributed by atoms with van der Waals surface area (Å²) < 4.78 is 33.1. The summed E-state index contributed by atoms with van der Waals surface area (Å²) >= 11 is 13.8. The normalized spacial score (nSPS) is 18.5. The molecule has 2 fully saturated rings. The maximum atomic E-state index is 15.6. The average Bonchev–Trinajstić information content (AvgIpc) is 3.73. The highest BCUT2D eigenvalue weighted by molar-refractivity contribution is 6.36. The van der Waals surface area contributed by atoms with Gasteiger partial charge in [-0.05, 0) is 42.0 Å². The summed E-state index contributed by atoms with van der Waals surface area (Å²) in [6.07, 6.45) is 2.31. The number of likely N-dealkylation sites (tertiary alicyclic amines) is 1. The molecule has 2 atom stereocenters. The van der Waals surface area contributed by atoms with Crippen LogP contribution in [0.1, 0.15) is 47.6 Å². The minimum atomic E-state index is -0.797. The number of halogens is 3. The predicted molar refractivity (Wildman–Crippen MR) is 193 cm³/mol. The van der Waals surface area contributed by atoms with E-state index < -0.39 is 11.8 Å². The van der Waals surface area contributed by atoms with E-state index in [0.29, 0.717) is 71.8 Å². The maximum Gasteiger partial charge on any atom is 0.309 e. The second-order valence-electron chi connectivity index (χ2n) is 13.3. The third-order valence-corrected chi connectivity index (χ3v) is 10.6. The van der Waals surface area contributed by atoms with Gasteiger partial charge in [0.1, 0.15) is 16.9 Å². The molecule has 0 bridgehead atoms. The molecule has 0 saturated carbocycles. The van der Waals surface area contributed by atoms with Crippen molar-refractivity contribution < 1.29 is 33.3 Å². The second kappa shape index (κ2) is 15.2. The van der Waals surface area contributed by atoms with Crippen molar-refractivity contribution in [3.05, 3.63) is 86.6 Å². The van der Waals surface area contributed by atoms with Crippen molar-refractivity contribution in [3.8, 4) is 40.0 Å². The third kappa shape index (κ3) is 7.25. The lowest BCUT2D eigenvalue weighted by Crippen LogP contribution is -2.49. The largest absolute Gasteiger partial charge is 0.481 e. The summed E-state index contributed by atoms with van der Waals surface area (Å²) in [6.45, 7) is 2.08. The Morgan fingerprint density at radius 3 is 2.48 bits per heavy atom. The Kier molecular flexibility index (Phi) is 10.5. The molecule has 0 spiro atoms. The molecule has 11 nitrogen and oxygen atoms in total. The van der Waals surface area contributed by atoms with Gasteiger partial charge in [0, 0.05) is 67.9 Å². The predicted octanol–water partition coefficient (Wildman–Crippen LogP) is 6.22. The van der Waals surface area contributed by atoms with Crippen LogP contribution < -0.4 is 24.8 Å². The van der Waals surface area contributed by atoms with Crippen LogP contribution in [0.3, 0.4) is 0 Å². The average molecular weight is 751 g/mol. The van der Waals surface area contributed by atoms with Gasteiger partial charge in [0.15, 0.2) is 0 Å². The van der Waals surface area contributed by atoms with E-state index in [0.717, 1.165) is 40.7 Å². The fraction of sp³-hybridized carbons (Fsp3) is 0.368. The van der Waals surface area contributed by atoms with E-state index in [1.54, 1.807) is 12.1 Å². The van der Waals surface area contributed by atoms with Gasteiger partial charge >= 0.3 is 5.97 Å². The number of nitrogens with one attached hydrogen (secondary N) is 2. The van der Waals surface area contributed by atoms with Gasteiger partial charge in [-0.25, -0.2) is 9.37 Å². The van der Waals surface area contributed by atoms with Crippen LogP contribution in [-0.2, 0) is 29.1 Å². The van der Waals surface area contributed by atoms with E-state index in [1.807, 2.05) is 35.2 Å². The van der Waals surface area contributed by atoms with Crippen molar-refractivity contribution in [2.45, 2.75) is 50.9 Å². The van der Waals surface area contributed by atoms with Crippen molar-refractivity contribution in [2.75, 3.05) is 33.9 Å². The number of aliphatic carboxylic acids is 1. The van der Waals surface area contributed by atoms with E-state index in [-0.39, 0.29) is 42.3 Å². The van der Waals surface area contributed by atoms with Gasteiger partial charge < -0.3 is 30.0 Å². The quantitative estimate of drug-likeness (QED) is 0.145. The molecular formula is C38H38Cl2FN5O6. The highest BCUT2D eigenvalue weighted by Crippen LogP contribution is 2.45. The Morgan fingerprint density at radius 2 is 1.75 bits per heavy atom. The highest BCUT2D eigenvalue weighted by atomic mass is 35.5. The molecule has 7 rings (SSSR count). The first-order valence-corrected chi connectivity index (χ1v) is 17.9. The number of ether oxygens (including phenoxy) is 3. The van der Waals surface area contributed by atoms with Gasteiger partial charge in [-0.2, -0.15) is 4.98 Å². The summed E-state index contributed by atoms with van der Waals surface area (Å²) in [5.41, 5.74) is 5.73. The first kappa shape index (κ1) is 35.9. The number of hydrogen-bond donors (Lipinski definition) is 3. The Balaban J connectivity index is 1.10. The minimum absolute atomic E-state index is 0.0131. The molecule has 52 heavy (non-hydrogen) atoms. The van der Waals surface area contributed by atoms with Crippen LogP contribution in [0.25, 0.3) is 22.4 Å². The molecule has 2 aromatic carbocycles. The molecule has 4 heterocycles. The van der Waals surface area contributed by atoms with Crippen LogP contribution in [0.15, 0.2) is 48.5 Å². The van der Waals surface area contributed by atoms with Gasteiger partial charge in [0.25, 0.3) is 0 Å². The smallest absolute Gasteiger partial charge is 0.309 e. The Morgan fingerprint density at radius 1 is 1.00 bits per heavy atom. The summed E-state index contributed by atoms with van der Waals surface area (Å²) in [5.74, 6) is -0.834. The molecule has 3 N–H and O–H groups in total. The van der Waals surface area contributed by atoms with Crippen LogP contribution in [-0.4, -0.2) is 71.7 Å². The Hall–Kier alpha value is -4.49. The number of aromatic nitrogens is 2. The van der Waals surface area contributed by atoms with E-state index >= 15 is 4.39 Å². The summed E-state index contributed by atoms with van der Waals surface area (Å²) in [4.78, 5) is 34.0. The van der Waals surface area contributed by atoms with E-state index in [4.69, 9.17) is 37.4 Å². The highest BCUT2D eigenvalue weighted by Gasteiger charge is 2.34. The van der Waals surface area contributed by atoms with Crippen molar-refractivity contribution in [1.82, 2.24) is 25.5 Å². The lowest BCUT2D eigenvalue weighted by molar-refractivity contribution is -0.147. The van der Waals surface area contributed by atoms with Crippen LogP contribution in [0.5, 0.6) is 17.6 Å². The van der Waals surface area contributed by atoms with Crippen molar-refractivity contribution in [3.63, 3.8) is 0 Å². The summed E-state index contributed by atoms with van der Waals surface area (Å²) in [7, 11) is 2.98. The molecular weight excluding hydrogens is 712 g/mol. The number of amides is 1. The van der Waals surface area contributed by atoms with E-state index in [2.05, 4.69) is 20.6 Å². The Labute approximate surface area is 310 Å². The van der Waals surface area contributed by atoms with Crippen LogP contribution >= 0.6 is 23.2 Å².